The van der Waals surface area contributed by atoms with Gasteiger partial charge in [0, 0.05) is 48.5 Å². The summed E-state index contributed by atoms with van der Waals surface area (Å²) in [5.41, 5.74) is 1.77. The molecule has 2 fully saturated rings. The van der Waals surface area contributed by atoms with Crippen LogP contribution in [0.5, 0.6) is 0 Å². The van der Waals surface area contributed by atoms with Gasteiger partial charge in [-0.25, -0.2) is 9.78 Å². The van der Waals surface area contributed by atoms with Gasteiger partial charge < -0.3 is 19.9 Å². The van der Waals surface area contributed by atoms with E-state index in [4.69, 9.17) is 4.74 Å². The van der Waals surface area contributed by atoms with Crippen LogP contribution < -0.4 is 20.0 Å². The smallest absolute Gasteiger partial charge is 0.414 e. The summed E-state index contributed by atoms with van der Waals surface area (Å²) in [5.74, 6) is 0.635. The van der Waals surface area contributed by atoms with Crippen molar-refractivity contribution in [1.29, 1.82) is 0 Å². The summed E-state index contributed by atoms with van der Waals surface area (Å²) >= 11 is 1.54. The highest BCUT2D eigenvalue weighted by molar-refractivity contribution is 7.10. The zero-order valence-corrected chi connectivity index (χ0v) is 20.8. The van der Waals surface area contributed by atoms with Crippen molar-refractivity contribution in [3.05, 3.63) is 75.1 Å². The number of pyridine rings is 1. The van der Waals surface area contributed by atoms with E-state index in [1.54, 1.807) is 11.0 Å². The summed E-state index contributed by atoms with van der Waals surface area (Å²) < 4.78 is 5.45. The van der Waals surface area contributed by atoms with Crippen molar-refractivity contribution in [2.45, 2.75) is 12.5 Å². The highest BCUT2D eigenvalue weighted by atomic mass is 32.1. The molecule has 0 spiro atoms. The first kappa shape index (κ1) is 24.5. The molecule has 1 aromatic carbocycles. The molecule has 4 heterocycles. The van der Waals surface area contributed by atoms with Crippen LogP contribution in [0.2, 0.25) is 0 Å². The molecule has 2 aromatic heterocycles. The number of hydrogen-bond donors (Lipinski definition) is 1. The van der Waals surface area contributed by atoms with Crippen molar-refractivity contribution in [1.82, 2.24) is 10.3 Å². The van der Waals surface area contributed by atoms with E-state index >= 15 is 0 Å². The van der Waals surface area contributed by atoms with Gasteiger partial charge in [0.2, 0.25) is 5.91 Å². The molecule has 0 saturated carbocycles. The van der Waals surface area contributed by atoms with Crippen LogP contribution >= 0.6 is 11.3 Å². The number of cyclic esters (lactones) is 1. The third kappa shape index (κ3) is 5.80. The second kappa shape index (κ2) is 10.8. The van der Waals surface area contributed by atoms with Crippen molar-refractivity contribution in [2.75, 3.05) is 54.0 Å². The molecule has 12 heteroatoms. The van der Waals surface area contributed by atoms with Gasteiger partial charge in [-0.1, -0.05) is 6.07 Å². The van der Waals surface area contributed by atoms with E-state index in [0.717, 1.165) is 48.2 Å². The Kier molecular flexibility index (Phi) is 7.17. The molecule has 2 aliphatic heterocycles. The Bertz CT molecular complexity index is 1240. The summed E-state index contributed by atoms with van der Waals surface area (Å²) in [5, 5.41) is 15.6. The molecule has 2 saturated heterocycles. The number of thiophene rings is 1. The molecule has 1 N–H and O–H groups in total. The number of nitrogens with zero attached hydrogens (tertiary/aromatic N) is 5. The molecule has 37 heavy (non-hydrogen) atoms. The number of anilines is 3. The van der Waals surface area contributed by atoms with Gasteiger partial charge in [-0.15, -0.1) is 11.3 Å². The Balaban J connectivity index is 1.11. The van der Waals surface area contributed by atoms with Crippen LogP contribution in [-0.2, 0) is 16.0 Å². The first-order chi connectivity index (χ1) is 18.0. The molecule has 3 aromatic rings. The average Bonchev–Trinajstić information content (AvgIpc) is 3.57. The number of benzene rings is 1. The maximum atomic E-state index is 12.4. The monoisotopic (exact) mass is 522 g/mol. The van der Waals surface area contributed by atoms with Crippen LogP contribution in [0.1, 0.15) is 4.88 Å². The largest absolute Gasteiger partial charge is 0.442 e. The lowest BCUT2D eigenvalue weighted by Crippen LogP contribution is -2.46. The lowest BCUT2D eigenvalue weighted by molar-refractivity contribution is -0.385. The van der Waals surface area contributed by atoms with E-state index in [9.17, 15) is 19.7 Å². The molecule has 1 unspecified atom stereocenters. The van der Waals surface area contributed by atoms with Crippen LogP contribution in [0.3, 0.4) is 0 Å². The Morgan fingerprint density at radius 2 is 1.81 bits per heavy atom. The predicted molar refractivity (Wildman–Crippen MR) is 140 cm³/mol. The van der Waals surface area contributed by atoms with Crippen LogP contribution in [-0.4, -0.2) is 67.3 Å². The number of nitrogens with one attached hydrogen (secondary N) is 1. The first-order valence-corrected chi connectivity index (χ1v) is 12.8. The molecular formula is C25H26N6O5S. The summed E-state index contributed by atoms with van der Waals surface area (Å²) in [6.07, 6.45) is 0.783. The minimum atomic E-state index is -0.453. The number of carbonyl (C=O) groups is 2. The highest BCUT2D eigenvalue weighted by Gasteiger charge is 2.32. The number of amides is 2. The van der Waals surface area contributed by atoms with E-state index in [0.29, 0.717) is 13.0 Å². The van der Waals surface area contributed by atoms with E-state index in [-0.39, 0.29) is 18.1 Å². The molecule has 0 aliphatic carbocycles. The van der Waals surface area contributed by atoms with Crippen molar-refractivity contribution in [3.8, 4) is 0 Å². The number of aromatic nitrogens is 1. The van der Waals surface area contributed by atoms with Gasteiger partial charge in [-0.3, -0.25) is 19.8 Å². The normalized spacial score (nSPS) is 17.6. The molecule has 1 atom stereocenters. The fourth-order valence-corrected chi connectivity index (χ4v) is 5.11. The third-order valence-corrected chi connectivity index (χ3v) is 7.27. The van der Waals surface area contributed by atoms with E-state index in [1.807, 2.05) is 41.8 Å². The third-order valence-electron chi connectivity index (χ3n) is 6.39. The minimum absolute atomic E-state index is 0.0189. The van der Waals surface area contributed by atoms with Crippen molar-refractivity contribution >= 4 is 46.2 Å². The summed E-state index contributed by atoms with van der Waals surface area (Å²) in [6.45, 7) is 3.68. The molecule has 5 rings (SSSR count). The van der Waals surface area contributed by atoms with Gasteiger partial charge in [-0.05, 0) is 41.8 Å². The second-order valence-corrected chi connectivity index (χ2v) is 9.83. The van der Waals surface area contributed by atoms with E-state index in [2.05, 4.69) is 20.1 Å². The fourth-order valence-electron chi connectivity index (χ4n) is 4.41. The number of hydrogen-bond acceptors (Lipinski definition) is 9. The van der Waals surface area contributed by atoms with Gasteiger partial charge in [0.25, 0.3) is 5.69 Å². The minimum Gasteiger partial charge on any atom is -0.442 e. The van der Waals surface area contributed by atoms with Crippen molar-refractivity contribution in [2.24, 2.45) is 0 Å². The summed E-state index contributed by atoms with van der Waals surface area (Å²) in [6, 6.07) is 14.8. The number of rotatable bonds is 8. The highest BCUT2D eigenvalue weighted by Crippen LogP contribution is 2.26. The molecule has 192 valence electrons. The maximum absolute atomic E-state index is 12.4. The average molecular weight is 523 g/mol. The van der Waals surface area contributed by atoms with Crippen LogP contribution in [0.4, 0.5) is 27.7 Å². The zero-order chi connectivity index (χ0) is 25.8. The molecule has 11 nitrogen and oxygen atoms in total. The molecule has 2 aliphatic rings. The fraction of sp³-hybridized carbons (Fsp3) is 0.320. The Morgan fingerprint density at radius 3 is 2.46 bits per heavy atom. The predicted octanol–water partition coefficient (Wildman–Crippen LogP) is 3.06. The molecule has 2 amide bonds. The summed E-state index contributed by atoms with van der Waals surface area (Å²) in [7, 11) is 0. The topological polar surface area (TPSA) is 121 Å². The van der Waals surface area contributed by atoms with E-state index < -0.39 is 17.1 Å². The molecule has 0 radical (unpaired) electrons. The SMILES string of the molecule is O=C(Cc1cccs1)NCC1CN(c2ccc(N3CCN(c4ccc([N+](=O)[O-])cn4)CC3)cc2)C(=O)O1. The van der Waals surface area contributed by atoms with Gasteiger partial charge >= 0.3 is 6.09 Å². The lowest BCUT2D eigenvalue weighted by Gasteiger charge is -2.36. The van der Waals surface area contributed by atoms with Gasteiger partial charge in [0.05, 0.1) is 24.4 Å². The standard InChI is InChI=1S/C25H26N6O5S/c32-24(14-22-2-1-13-37-22)27-16-21-17-30(25(33)36-21)19-5-3-18(4-6-19)28-9-11-29(12-10-28)23-8-7-20(15-26-23)31(34)35/h1-8,13,15,21H,9-12,14,16-17H2,(H,27,32). The van der Waals surface area contributed by atoms with Crippen LogP contribution in [0.15, 0.2) is 60.1 Å². The van der Waals surface area contributed by atoms with Gasteiger partial charge in [-0.2, -0.15) is 0 Å². The Labute approximate surface area is 217 Å². The number of ether oxygens (including phenoxy) is 1. The molecule has 0 bridgehead atoms. The van der Waals surface area contributed by atoms with E-state index in [1.165, 1.54) is 23.6 Å². The summed E-state index contributed by atoms with van der Waals surface area (Å²) in [4.78, 5) is 46.1. The van der Waals surface area contributed by atoms with Gasteiger partial charge in [0.15, 0.2) is 0 Å². The number of nitro groups is 1. The Morgan fingerprint density at radius 1 is 1.08 bits per heavy atom. The second-order valence-electron chi connectivity index (χ2n) is 8.80. The van der Waals surface area contributed by atoms with Crippen LogP contribution in [0.25, 0.3) is 0 Å². The lowest BCUT2D eigenvalue weighted by atomic mass is 10.2. The maximum Gasteiger partial charge on any atom is 0.414 e. The number of carbonyl (C=O) groups excluding carboxylic acids is 2. The van der Waals surface area contributed by atoms with Crippen molar-refractivity contribution < 1.29 is 19.2 Å². The number of piperazine rings is 1. The quantitative estimate of drug-likeness (QED) is 0.354. The van der Waals surface area contributed by atoms with Gasteiger partial charge in [0.1, 0.15) is 18.1 Å². The Hall–Kier alpha value is -4.19. The zero-order valence-electron chi connectivity index (χ0n) is 20.0. The molecular weight excluding hydrogens is 496 g/mol. The van der Waals surface area contributed by atoms with Crippen LogP contribution in [0, 0.1) is 10.1 Å². The first-order valence-electron chi connectivity index (χ1n) is 11.9. The van der Waals surface area contributed by atoms with Crippen molar-refractivity contribution in [3.63, 3.8) is 0 Å².